The zero-order valence-electron chi connectivity index (χ0n) is 7.02. The van der Waals surface area contributed by atoms with Crippen LogP contribution in [0.15, 0.2) is 12.1 Å². The van der Waals surface area contributed by atoms with Crippen LogP contribution in [0.2, 0.25) is 0 Å². The van der Waals surface area contributed by atoms with Crippen LogP contribution in [0.25, 0.3) is 0 Å². The minimum Gasteiger partial charge on any atom is -0.272 e. The zero-order valence-corrected chi connectivity index (χ0v) is 9.18. The summed E-state index contributed by atoms with van der Waals surface area (Å²) in [6, 6.07) is 1.77. The molecule has 2 nitrogen and oxygen atoms in total. The Kier molecular flexibility index (Phi) is 3.35. The lowest BCUT2D eigenvalue weighted by atomic mass is 10.3. The van der Waals surface area contributed by atoms with Crippen LogP contribution >= 0.6 is 22.6 Å². The minimum absolute atomic E-state index is 0.232. The molecular formula is C8H5F3INO. The topological polar surface area (TPSA) is 20.3 Å². The van der Waals surface area contributed by atoms with E-state index in [4.69, 9.17) is 0 Å². The normalized spacial score (nSPS) is 10.1. The number of benzene rings is 1. The maximum Gasteiger partial charge on any atom is 0.251 e. The van der Waals surface area contributed by atoms with Crippen molar-refractivity contribution in [2.45, 2.75) is 6.92 Å². The second kappa shape index (κ2) is 4.16. The Morgan fingerprint density at radius 3 is 2.50 bits per heavy atom. The SMILES string of the molecule is CC(=O)N(F)c1ccc(F)c(F)c1I. The van der Waals surface area contributed by atoms with E-state index in [0.717, 1.165) is 19.1 Å². The van der Waals surface area contributed by atoms with Crippen molar-refractivity contribution in [1.82, 2.24) is 0 Å². The Morgan fingerprint density at radius 2 is 2.00 bits per heavy atom. The first-order valence-electron chi connectivity index (χ1n) is 3.55. The van der Waals surface area contributed by atoms with Gasteiger partial charge in [0, 0.05) is 6.92 Å². The standard InChI is InChI=1S/C8H5F3INO/c1-4(14)13(11)6-3-2-5(9)7(10)8(6)12/h2-3H,1H3. The van der Waals surface area contributed by atoms with Crippen molar-refractivity contribution in [2.75, 3.05) is 5.12 Å². The maximum absolute atomic E-state index is 13.0. The van der Waals surface area contributed by atoms with Gasteiger partial charge in [0.1, 0.15) is 0 Å². The Labute approximate surface area is 91.8 Å². The zero-order chi connectivity index (χ0) is 10.9. The molecule has 0 spiro atoms. The second-order valence-electron chi connectivity index (χ2n) is 2.49. The fraction of sp³-hybridized carbons (Fsp3) is 0.125. The number of nitrogens with zero attached hydrogens (tertiary/aromatic N) is 1. The van der Waals surface area contributed by atoms with Crippen LogP contribution in [0.4, 0.5) is 18.9 Å². The molecule has 0 atom stereocenters. The molecule has 76 valence electrons. The number of rotatable bonds is 1. The summed E-state index contributed by atoms with van der Waals surface area (Å²) in [7, 11) is 0. The summed E-state index contributed by atoms with van der Waals surface area (Å²) in [5.74, 6) is -3.13. The quantitative estimate of drug-likeness (QED) is 0.443. The molecule has 0 saturated heterocycles. The third kappa shape index (κ3) is 1.99. The number of hydrogen-bond donors (Lipinski definition) is 0. The predicted octanol–water partition coefficient (Wildman–Crippen LogP) is 2.81. The summed E-state index contributed by atoms with van der Waals surface area (Å²) in [6.07, 6.45) is 0. The van der Waals surface area contributed by atoms with Crippen LogP contribution in [0.1, 0.15) is 6.92 Å². The molecule has 0 fully saturated rings. The van der Waals surface area contributed by atoms with E-state index < -0.39 is 17.5 Å². The van der Waals surface area contributed by atoms with Gasteiger partial charge in [0.25, 0.3) is 5.91 Å². The van der Waals surface area contributed by atoms with Gasteiger partial charge in [0.2, 0.25) is 0 Å². The second-order valence-corrected chi connectivity index (χ2v) is 3.57. The molecule has 0 N–H and O–H groups in total. The van der Waals surface area contributed by atoms with Gasteiger partial charge >= 0.3 is 0 Å². The van der Waals surface area contributed by atoms with Gasteiger partial charge in [0.15, 0.2) is 11.6 Å². The molecule has 0 heterocycles. The summed E-state index contributed by atoms with van der Waals surface area (Å²) < 4.78 is 38.3. The molecule has 0 radical (unpaired) electrons. The summed E-state index contributed by atoms with van der Waals surface area (Å²) in [5, 5.41) is -0.232. The first-order chi connectivity index (χ1) is 6.45. The summed E-state index contributed by atoms with van der Waals surface area (Å²) in [6.45, 7) is 0.983. The molecule has 0 unspecified atom stereocenters. The molecule has 0 saturated carbocycles. The molecule has 1 aromatic carbocycles. The Balaban J connectivity index is 3.24. The summed E-state index contributed by atoms with van der Waals surface area (Å²) in [4.78, 5) is 10.6. The molecule has 0 aliphatic rings. The van der Waals surface area contributed by atoms with Crippen molar-refractivity contribution in [2.24, 2.45) is 0 Å². The molecule has 0 aromatic heterocycles. The first kappa shape index (κ1) is 11.3. The van der Waals surface area contributed by atoms with Gasteiger partial charge in [-0.25, -0.2) is 8.78 Å². The molecular weight excluding hydrogens is 310 g/mol. The van der Waals surface area contributed by atoms with Crippen LogP contribution in [-0.2, 0) is 4.79 Å². The molecule has 1 aromatic rings. The van der Waals surface area contributed by atoms with Gasteiger partial charge in [-0.05, 0) is 34.7 Å². The minimum atomic E-state index is -1.16. The monoisotopic (exact) mass is 315 g/mol. The van der Waals surface area contributed by atoms with Gasteiger partial charge in [-0.2, -0.15) is 0 Å². The third-order valence-corrected chi connectivity index (χ3v) is 2.53. The fourth-order valence-corrected chi connectivity index (χ4v) is 1.49. The number of hydrogen-bond acceptors (Lipinski definition) is 1. The van der Waals surface area contributed by atoms with Crippen LogP contribution < -0.4 is 5.12 Å². The number of anilines is 1. The molecule has 6 heteroatoms. The molecule has 1 amide bonds. The van der Waals surface area contributed by atoms with E-state index in [1.807, 2.05) is 0 Å². The van der Waals surface area contributed by atoms with Crippen LogP contribution in [0, 0.1) is 15.2 Å². The van der Waals surface area contributed by atoms with Crippen LogP contribution in [-0.4, -0.2) is 5.91 Å². The predicted molar refractivity (Wildman–Crippen MR) is 53.3 cm³/mol. The van der Waals surface area contributed by atoms with E-state index in [-0.39, 0.29) is 14.4 Å². The number of carbonyl (C=O) groups is 1. The van der Waals surface area contributed by atoms with Crippen molar-refractivity contribution in [3.05, 3.63) is 27.3 Å². The van der Waals surface area contributed by atoms with Gasteiger partial charge in [-0.1, -0.05) is 4.48 Å². The van der Waals surface area contributed by atoms with Gasteiger partial charge in [0.05, 0.1) is 9.26 Å². The van der Waals surface area contributed by atoms with Crippen molar-refractivity contribution in [3.63, 3.8) is 0 Å². The largest absolute Gasteiger partial charge is 0.272 e. The fourth-order valence-electron chi connectivity index (χ4n) is 0.837. The highest BCUT2D eigenvalue weighted by molar-refractivity contribution is 14.1. The number of carbonyl (C=O) groups excluding carboxylic acids is 1. The molecule has 0 bridgehead atoms. The van der Waals surface area contributed by atoms with Crippen molar-refractivity contribution in [3.8, 4) is 0 Å². The third-order valence-electron chi connectivity index (χ3n) is 1.50. The average molecular weight is 315 g/mol. The first-order valence-corrected chi connectivity index (χ1v) is 4.63. The summed E-state index contributed by atoms with van der Waals surface area (Å²) >= 11 is 1.43. The van der Waals surface area contributed by atoms with Crippen molar-refractivity contribution < 1.29 is 18.1 Å². The number of amides is 1. The van der Waals surface area contributed by atoms with Gasteiger partial charge in [-0.3, -0.25) is 4.79 Å². The van der Waals surface area contributed by atoms with E-state index >= 15 is 0 Å². The average Bonchev–Trinajstić information content (AvgIpc) is 2.13. The van der Waals surface area contributed by atoms with E-state index in [1.165, 1.54) is 22.6 Å². The highest BCUT2D eigenvalue weighted by atomic mass is 127. The van der Waals surface area contributed by atoms with Gasteiger partial charge in [-0.15, -0.1) is 5.12 Å². The van der Waals surface area contributed by atoms with Gasteiger partial charge < -0.3 is 0 Å². The highest BCUT2D eigenvalue weighted by Crippen LogP contribution is 2.27. The molecule has 14 heavy (non-hydrogen) atoms. The molecule has 1 rings (SSSR count). The molecule has 0 aliphatic carbocycles. The van der Waals surface area contributed by atoms with E-state index in [9.17, 15) is 18.1 Å². The highest BCUT2D eigenvalue weighted by Gasteiger charge is 2.18. The maximum atomic E-state index is 13.0. The Morgan fingerprint density at radius 1 is 1.43 bits per heavy atom. The van der Waals surface area contributed by atoms with E-state index in [1.54, 1.807) is 0 Å². The lowest BCUT2D eigenvalue weighted by Gasteiger charge is -2.11. The van der Waals surface area contributed by atoms with Crippen LogP contribution in [0.5, 0.6) is 0 Å². The lowest BCUT2D eigenvalue weighted by Crippen LogP contribution is -2.19. The Bertz CT molecular complexity index is 383. The summed E-state index contributed by atoms with van der Waals surface area (Å²) in [5.41, 5.74) is -0.294. The lowest BCUT2D eigenvalue weighted by molar-refractivity contribution is -0.119. The van der Waals surface area contributed by atoms with E-state index in [2.05, 4.69) is 0 Å². The smallest absolute Gasteiger partial charge is 0.251 e. The van der Waals surface area contributed by atoms with Crippen LogP contribution in [0.3, 0.4) is 0 Å². The molecule has 0 aliphatic heterocycles. The van der Waals surface area contributed by atoms with Crippen molar-refractivity contribution >= 4 is 34.2 Å². The Hall–Kier alpha value is -0.790. The van der Waals surface area contributed by atoms with E-state index in [0.29, 0.717) is 0 Å². The van der Waals surface area contributed by atoms with Crippen molar-refractivity contribution in [1.29, 1.82) is 0 Å². The number of halogens is 4.